The van der Waals surface area contributed by atoms with E-state index >= 15 is 0 Å². The Morgan fingerprint density at radius 2 is 2.36 bits per heavy atom. The molecule has 0 spiro atoms. The maximum atomic E-state index is 6.11. The lowest BCUT2D eigenvalue weighted by molar-refractivity contribution is 0.377. The Balaban J connectivity index is 2.05. The second kappa shape index (κ2) is 3.39. The molecule has 1 aromatic heterocycles. The predicted molar refractivity (Wildman–Crippen MR) is 55.0 cm³/mol. The molecule has 0 amide bonds. The molecule has 0 aliphatic heterocycles. The van der Waals surface area contributed by atoms with Gasteiger partial charge in [-0.2, -0.15) is 0 Å². The summed E-state index contributed by atoms with van der Waals surface area (Å²) in [6.07, 6.45) is 4.47. The number of hydrogen-bond donors (Lipinski definition) is 1. The smallest absolute Gasteiger partial charge is 0.133 e. The first-order valence-electron chi connectivity index (χ1n) is 5.35. The quantitative estimate of drug-likeness (QED) is 0.800. The van der Waals surface area contributed by atoms with E-state index in [1.165, 1.54) is 12.8 Å². The lowest BCUT2D eigenvalue weighted by Gasteiger charge is -2.16. The van der Waals surface area contributed by atoms with Crippen molar-refractivity contribution < 1.29 is 4.52 Å². The second-order valence-corrected chi connectivity index (χ2v) is 4.53. The number of nitrogens with two attached hydrogens (primary N) is 1. The van der Waals surface area contributed by atoms with Gasteiger partial charge in [0.15, 0.2) is 0 Å². The third kappa shape index (κ3) is 1.98. The normalized spacial score (nSPS) is 20.8. The Morgan fingerprint density at radius 3 is 2.79 bits per heavy atom. The number of hydrogen-bond acceptors (Lipinski definition) is 3. The third-order valence-corrected chi connectivity index (χ3v) is 3.10. The molecule has 78 valence electrons. The van der Waals surface area contributed by atoms with Crippen molar-refractivity contribution >= 4 is 0 Å². The van der Waals surface area contributed by atoms with E-state index in [9.17, 15) is 0 Å². The van der Waals surface area contributed by atoms with Gasteiger partial charge in [-0.15, -0.1) is 0 Å². The average molecular weight is 194 g/mol. The van der Waals surface area contributed by atoms with Crippen LogP contribution < -0.4 is 5.73 Å². The van der Waals surface area contributed by atoms with Crippen LogP contribution in [0.15, 0.2) is 10.6 Å². The highest BCUT2D eigenvalue weighted by atomic mass is 16.5. The van der Waals surface area contributed by atoms with E-state index < -0.39 is 0 Å². The van der Waals surface area contributed by atoms with E-state index in [4.69, 9.17) is 10.3 Å². The van der Waals surface area contributed by atoms with Crippen LogP contribution in [0.1, 0.15) is 50.0 Å². The van der Waals surface area contributed by atoms with Crippen LogP contribution >= 0.6 is 0 Å². The SMILES string of the molecule is CCC(CC1(N)CC1)c1cc(C)on1. The van der Waals surface area contributed by atoms with Gasteiger partial charge in [0.05, 0.1) is 5.69 Å². The van der Waals surface area contributed by atoms with Crippen molar-refractivity contribution in [2.24, 2.45) is 5.73 Å². The minimum absolute atomic E-state index is 0.105. The second-order valence-electron chi connectivity index (χ2n) is 4.53. The van der Waals surface area contributed by atoms with Crippen molar-refractivity contribution in [3.63, 3.8) is 0 Å². The largest absolute Gasteiger partial charge is 0.361 e. The van der Waals surface area contributed by atoms with Crippen LogP contribution in [-0.4, -0.2) is 10.7 Å². The number of nitrogens with zero attached hydrogens (tertiary/aromatic N) is 1. The van der Waals surface area contributed by atoms with Gasteiger partial charge in [0.25, 0.3) is 0 Å². The highest BCUT2D eigenvalue weighted by molar-refractivity contribution is 5.13. The van der Waals surface area contributed by atoms with Gasteiger partial charge in [0.2, 0.25) is 0 Å². The summed E-state index contributed by atoms with van der Waals surface area (Å²) in [5, 5.41) is 4.07. The minimum Gasteiger partial charge on any atom is -0.361 e. The molecule has 1 aliphatic carbocycles. The predicted octanol–water partition coefficient (Wildman–Crippen LogP) is 2.36. The zero-order valence-corrected chi connectivity index (χ0v) is 8.92. The summed E-state index contributed by atoms with van der Waals surface area (Å²) >= 11 is 0. The molecule has 2 rings (SSSR count). The van der Waals surface area contributed by atoms with Crippen molar-refractivity contribution in [1.82, 2.24) is 5.16 Å². The molecule has 1 aromatic rings. The molecule has 2 N–H and O–H groups in total. The highest BCUT2D eigenvalue weighted by Crippen LogP contribution is 2.41. The van der Waals surface area contributed by atoms with E-state index in [1.54, 1.807) is 0 Å². The first kappa shape index (κ1) is 9.71. The first-order chi connectivity index (χ1) is 6.63. The van der Waals surface area contributed by atoms with Crippen molar-refractivity contribution in [3.05, 3.63) is 17.5 Å². The van der Waals surface area contributed by atoms with Crippen LogP contribution in [0.4, 0.5) is 0 Å². The molecule has 1 atom stereocenters. The van der Waals surface area contributed by atoms with E-state index in [2.05, 4.69) is 12.1 Å². The molecule has 1 saturated carbocycles. The molecule has 0 bridgehead atoms. The number of aromatic nitrogens is 1. The van der Waals surface area contributed by atoms with Gasteiger partial charge in [0, 0.05) is 17.5 Å². The summed E-state index contributed by atoms with van der Waals surface area (Å²) in [5.41, 5.74) is 7.28. The maximum Gasteiger partial charge on any atom is 0.133 e. The molecule has 1 heterocycles. The zero-order valence-electron chi connectivity index (χ0n) is 8.92. The van der Waals surface area contributed by atoms with E-state index in [-0.39, 0.29) is 5.54 Å². The summed E-state index contributed by atoms with van der Waals surface area (Å²) in [5.74, 6) is 1.36. The summed E-state index contributed by atoms with van der Waals surface area (Å²) in [6, 6.07) is 2.03. The molecule has 0 aromatic carbocycles. The molecule has 1 aliphatic rings. The van der Waals surface area contributed by atoms with Crippen LogP contribution in [0.5, 0.6) is 0 Å². The summed E-state index contributed by atoms with van der Waals surface area (Å²) in [4.78, 5) is 0. The standard InChI is InChI=1S/C11H18N2O/c1-3-9(7-11(12)4-5-11)10-6-8(2)14-13-10/h6,9H,3-5,7,12H2,1-2H3. The van der Waals surface area contributed by atoms with Crippen LogP contribution in [0, 0.1) is 6.92 Å². The monoisotopic (exact) mass is 194 g/mol. The lowest BCUT2D eigenvalue weighted by Crippen LogP contribution is -2.24. The number of rotatable bonds is 4. The van der Waals surface area contributed by atoms with E-state index in [1.807, 2.05) is 13.0 Å². The fourth-order valence-electron chi connectivity index (χ4n) is 1.89. The third-order valence-electron chi connectivity index (χ3n) is 3.10. The van der Waals surface area contributed by atoms with Crippen molar-refractivity contribution in [3.8, 4) is 0 Å². The van der Waals surface area contributed by atoms with Gasteiger partial charge in [-0.05, 0) is 32.6 Å². The Morgan fingerprint density at radius 1 is 1.64 bits per heavy atom. The van der Waals surface area contributed by atoms with E-state index in [0.29, 0.717) is 5.92 Å². The molecule has 3 nitrogen and oxygen atoms in total. The lowest BCUT2D eigenvalue weighted by atomic mass is 9.93. The summed E-state index contributed by atoms with van der Waals surface area (Å²) in [6.45, 7) is 4.11. The molecular weight excluding hydrogens is 176 g/mol. The molecule has 1 fully saturated rings. The van der Waals surface area contributed by atoms with Crippen LogP contribution in [0.2, 0.25) is 0 Å². The fourth-order valence-corrected chi connectivity index (χ4v) is 1.89. The summed E-state index contributed by atoms with van der Waals surface area (Å²) in [7, 11) is 0. The minimum atomic E-state index is 0.105. The van der Waals surface area contributed by atoms with Gasteiger partial charge in [0.1, 0.15) is 5.76 Å². The Kier molecular flexibility index (Phi) is 2.35. The molecule has 14 heavy (non-hydrogen) atoms. The Bertz CT molecular complexity index is 315. The van der Waals surface area contributed by atoms with Gasteiger partial charge in [-0.3, -0.25) is 0 Å². The first-order valence-corrected chi connectivity index (χ1v) is 5.35. The molecule has 0 radical (unpaired) electrons. The zero-order chi connectivity index (χ0) is 10.2. The van der Waals surface area contributed by atoms with Crippen LogP contribution in [-0.2, 0) is 0 Å². The fraction of sp³-hybridized carbons (Fsp3) is 0.727. The topological polar surface area (TPSA) is 52.0 Å². The van der Waals surface area contributed by atoms with Crippen molar-refractivity contribution in [2.75, 3.05) is 0 Å². The number of aryl methyl sites for hydroxylation is 1. The highest BCUT2D eigenvalue weighted by Gasteiger charge is 2.40. The Labute approximate surface area is 84.7 Å². The van der Waals surface area contributed by atoms with Crippen molar-refractivity contribution in [1.29, 1.82) is 0 Å². The molecular formula is C11H18N2O. The van der Waals surface area contributed by atoms with Gasteiger partial charge in [-0.25, -0.2) is 0 Å². The van der Waals surface area contributed by atoms with Crippen LogP contribution in [0.25, 0.3) is 0 Å². The molecule has 1 unspecified atom stereocenters. The van der Waals surface area contributed by atoms with Gasteiger partial charge in [-0.1, -0.05) is 12.1 Å². The van der Waals surface area contributed by atoms with Gasteiger partial charge >= 0.3 is 0 Å². The maximum absolute atomic E-state index is 6.11. The van der Waals surface area contributed by atoms with Crippen LogP contribution in [0.3, 0.4) is 0 Å². The summed E-state index contributed by atoms with van der Waals surface area (Å²) < 4.78 is 5.09. The van der Waals surface area contributed by atoms with Crippen molar-refractivity contribution in [2.45, 2.75) is 51.0 Å². The molecule has 0 saturated heterocycles. The van der Waals surface area contributed by atoms with Gasteiger partial charge < -0.3 is 10.3 Å². The molecule has 3 heteroatoms. The van der Waals surface area contributed by atoms with E-state index in [0.717, 1.165) is 24.3 Å². The Hall–Kier alpha value is -0.830. The average Bonchev–Trinajstić information content (AvgIpc) is 2.71.